The third-order valence-electron chi connectivity index (χ3n) is 3.61. The molecule has 1 aromatic carbocycles. The highest BCUT2D eigenvalue weighted by Crippen LogP contribution is 2.29. The molecule has 2 unspecified atom stereocenters. The predicted octanol–water partition coefficient (Wildman–Crippen LogP) is 4.07. The minimum atomic E-state index is 0.256. The van der Waals surface area contributed by atoms with Crippen molar-refractivity contribution in [3.05, 3.63) is 28.2 Å². The van der Waals surface area contributed by atoms with Gasteiger partial charge >= 0.3 is 0 Å². The summed E-state index contributed by atoms with van der Waals surface area (Å²) >= 11 is 3.60. The van der Waals surface area contributed by atoms with Crippen LogP contribution in [0.1, 0.15) is 44.7 Å². The molecule has 0 saturated carbocycles. The minimum Gasteiger partial charge on any atom is -0.490 e. The van der Waals surface area contributed by atoms with E-state index in [4.69, 9.17) is 9.47 Å². The number of hydrogen-bond acceptors (Lipinski definition) is 3. The molecular formula is C16H24BrNO2. The molecule has 1 aromatic rings. The normalized spacial score (nSPS) is 20.1. The van der Waals surface area contributed by atoms with E-state index >= 15 is 0 Å². The lowest BCUT2D eigenvalue weighted by Crippen LogP contribution is -2.19. The third-order valence-corrected chi connectivity index (χ3v) is 4.22. The second-order valence-corrected chi connectivity index (χ2v) is 6.17. The van der Waals surface area contributed by atoms with Crippen LogP contribution in [0.15, 0.2) is 22.7 Å². The summed E-state index contributed by atoms with van der Waals surface area (Å²) in [6, 6.07) is 6.66. The van der Waals surface area contributed by atoms with Gasteiger partial charge in [0.2, 0.25) is 0 Å². The quantitative estimate of drug-likeness (QED) is 0.810. The summed E-state index contributed by atoms with van der Waals surface area (Å²) in [4.78, 5) is 0. The van der Waals surface area contributed by atoms with Crippen LogP contribution in [0.5, 0.6) is 5.75 Å². The molecule has 1 saturated heterocycles. The Balaban J connectivity index is 1.91. The first-order valence-corrected chi connectivity index (χ1v) is 8.27. The molecule has 4 heteroatoms. The van der Waals surface area contributed by atoms with Crippen molar-refractivity contribution in [2.45, 2.75) is 45.3 Å². The molecule has 1 aliphatic rings. The minimum absolute atomic E-state index is 0.256. The Labute approximate surface area is 130 Å². The Morgan fingerprint density at radius 3 is 3.00 bits per heavy atom. The average Bonchev–Trinajstić information content (AvgIpc) is 2.96. The fraction of sp³-hybridized carbons (Fsp3) is 0.625. The van der Waals surface area contributed by atoms with Crippen molar-refractivity contribution in [1.29, 1.82) is 0 Å². The molecule has 0 amide bonds. The molecule has 2 rings (SSSR count). The Bertz CT molecular complexity index is 419. The largest absolute Gasteiger partial charge is 0.490 e. The number of benzene rings is 1. The van der Waals surface area contributed by atoms with E-state index in [0.29, 0.717) is 12.6 Å². The molecular weight excluding hydrogens is 318 g/mol. The number of ether oxygens (including phenoxy) is 2. The van der Waals surface area contributed by atoms with Crippen molar-refractivity contribution in [2.75, 3.05) is 19.8 Å². The molecule has 112 valence electrons. The fourth-order valence-electron chi connectivity index (χ4n) is 2.34. The summed E-state index contributed by atoms with van der Waals surface area (Å²) in [5.41, 5.74) is 1.27. The van der Waals surface area contributed by atoms with Crippen LogP contribution in [0.3, 0.4) is 0 Å². The standard InChI is InChI=1S/C16H24BrNO2/c1-3-8-18-12(2)13-6-7-16(15(17)10-13)20-11-14-5-4-9-19-14/h6-7,10,12,14,18H,3-5,8-9,11H2,1-2H3. The van der Waals surface area contributed by atoms with Gasteiger partial charge in [0.1, 0.15) is 12.4 Å². The maximum Gasteiger partial charge on any atom is 0.133 e. The molecule has 3 nitrogen and oxygen atoms in total. The van der Waals surface area contributed by atoms with Crippen LogP contribution < -0.4 is 10.1 Å². The van der Waals surface area contributed by atoms with Crippen molar-refractivity contribution < 1.29 is 9.47 Å². The van der Waals surface area contributed by atoms with Gasteiger partial charge in [-0.1, -0.05) is 13.0 Å². The number of nitrogens with one attached hydrogen (secondary N) is 1. The van der Waals surface area contributed by atoms with E-state index in [1.165, 1.54) is 5.56 Å². The summed E-state index contributed by atoms with van der Waals surface area (Å²) in [5, 5.41) is 3.49. The molecule has 1 N–H and O–H groups in total. The first kappa shape index (κ1) is 15.8. The topological polar surface area (TPSA) is 30.5 Å². The summed E-state index contributed by atoms with van der Waals surface area (Å²) in [6.07, 6.45) is 3.66. The Kier molecular flexibility index (Phi) is 6.33. The summed E-state index contributed by atoms with van der Waals surface area (Å²) in [6.45, 7) is 6.91. The zero-order valence-electron chi connectivity index (χ0n) is 12.3. The second-order valence-electron chi connectivity index (χ2n) is 5.31. The maximum atomic E-state index is 5.84. The first-order valence-electron chi connectivity index (χ1n) is 7.48. The van der Waals surface area contributed by atoms with Gasteiger partial charge in [0.15, 0.2) is 0 Å². The van der Waals surface area contributed by atoms with Crippen LogP contribution in [-0.2, 0) is 4.74 Å². The molecule has 2 atom stereocenters. The Hall–Kier alpha value is -0.580. The van der Waals surface area contributed by atoms with Crippen molar-refractivity contribution in [3.63, 3.8) is 0 Å². The lowest BCUT2D eigenvalue weighted by Gasteiger charge is -2.16. The number of halogens is 1. The van der Waals surface area contributed by atoms with Gasteiger partial charge in [-0.05, 0) is 66.4 Å². The zero-order valence-corrected chi connectivity index (χ0v) is 13.9. The second kappa shape index (κ2) is 8.01. The van der Waals surface area contributed by atoms with E-state index in [9.17, 15) is 0 Å². The summed E-state index contributed by atoms with van der Waals surface area (Å²) < 4.78 is 12.4. The highest BCUT2D eigenvalue weighted by Gasteiger charge is 2.17. The predicted molar refractivity (Wildman–Crippen MR) is 85.3 cm³/mol. The lowest BCUT2D eigenvalue weighted by molar-refractivity contribution is 0.0677. The smallest absolute Gasteiger partial charge is 0.133 e. The van der Waals surface area contributed by atoms with Gasteiger partial charge in [-0.3, -0.25) is 0 Å². The van der Waals surface area contributed by atoms with Crippen LogP contribution >= 0.6 is 15.9 Å². The zero-order chi connectivity index (χ0) is 14.4. The van der Waals surface area contributed by atoms with Gasteiger partial charge in [-0.25, -0.2) is 0 Å². The van der Waals surface area contributed by atoms with Crippen molar-refractivity contribution in [3.8, 4) is 5.75 Å². The van der Waals surface area contributed by atoms with Crippen molar-refractivity contribution in [2.24, 2.45) is 0 Å². The van der Waals surface area contributed by atoms with Crippen LogP contribution in [0.2, 0.25) is 0 Å². The van der Waals surface area contributed by atoms with Gasteiger partial charge in [0.05, 0.1) is 10.6 Å². The fourth-order valence-corrected chi connectivity index (χ4v) is 2.85. The third kappa shape index (κ3) is 4.47. The summed E-state index contributed by atoms with van der Waals surface area (Å²) in [7, 11) is 0. The van der Waals surface area contributed by atoms with E-state index in [1.807, 2.05) is 6.07 Å². The van der Waals surface area contributed by atoms with Crippen molar-refractivity contribution in [1.82, 2.24) is 5.32 Å². The Morgan fingerprint density at radius 2 is 2.35 bits per heavy atom. The average molecular weight is 342 g/mol. The van der Waals surface area contributed by atoms with Crippen LogP contribution in [0, 0.1) is 0 Å². The van der Waals surface area contributed by atoms with Gasteiger partial charge in [0, 0.05) is 12.6 Å². The molecule has 0 aromatic heterocycles. The molecule has 1 aliphatic heterocycles. The molecule has 20 heavy (non-hydrogen) atoms. The molecule has 0 spiro atoms. The number of rotatable bonds is 7. The number of hydrogen-bond donors (Lipinski definition) is 1. The Morgan fingerprint density at radius 1 is 1.50 bits per heavy atom. The van der Waals surface area contributed by atoms with Gasteiger partial charge in [-0.15, -0.1) is 0 Å². The van der Waals surface area contributed by atoms with E-state index in [1.54, 1.807) is 0 Å². The van der Waals surface area contributed by atoms with Crippen LogP contribution in [0.25, 0.3) is 0 Å². The molecule has 0 aliphatic carbocycles. The van der Waals surface area contributed by atoms with E-state index in [0.717, 1.165) is 42.6 Å². The van der Waals surface area contributed by atoms with E-state index in [-0.39, 0.29) is 6.10 Å². The molecule has 0 bridgehead atoms. The highest BCUT2D eigenvalue weighted by molar-refractivity contribution is 9.10. The summed E-state index contributed by atoms with van der Waals surface area (Å²) in [5.74, 6) is 0.895. The van der Waals surface area contributed by atoms with Gasteiger partial charge in [0.25, 0.3) is 0 Å². The monoisotopic (exact) mass is 341 g/mol. The SMILES string of the molecule is CCCNC(C)c1ccc(OCC2CCCO2)c(Br)c1. The van der Waals surface area contributed by atoms with Crippen LogP contribution in [0.4, 0.5) is 0 Å². The van der Waals surface area contributed by atoms with E-state index in [2.05, 4.69) is 47.2 Å². The molecule has 0 radical (unpaired) electrons. The van der Waals surface area contributed by atoms with E-state index < -0.39 is 0 Å². The molecule has 1 heterocycles. The van der Waals surface area contributed by atoms with Crippen LogP contribution in [-0.4, -0.2) is 25.9 Å². The highest BCUT2D eigenvalue weighted by atomic mass is 79.9. The lowest BCUT2D eigenvalue weighted by atomic mass is 10.1. The van der Waals surface area contributed by atoms with Crippen molar-refractivity contribution >= 4 is 15.9 Å². The van der Waals surface area contributed by atoms with Gasteiger partial charge in [-0.2, -0.15) is 0 Å². The first-order chi connectivity index (χ1) is 9.70. The van der Waals surface area contributed by atoms with Gasteiger partial charge < -0.3 is 14.8 Å². The molecule has 1 fully saturated rings. The maximum absolute atomic E-state index is 5.84.